The molecule has 0 saturated carbocycles. The highest BCUT2D eigenvalue weighted by Crippen LogP contribution is 2.21. The highest BCUT2D eigenvalue weighted by Gasteiger charge is 2.15. The molecule has 23 heavy (non-hydrogen) atoms. The topological polar surface area (TPSA) is 72.1 Å². The summed E-state index contributed by atoms with van der Waals surface area (Å²) in [5.74, 6) is 0.497. The van der Waals surface area contributed by atoms with E-state index >= 15 is 0 Å². The number of nitrogens with zero attached hydrogens (tertiary/aromatic N) is 3. The number of nitrogens with two attached hydrogens (primary N) is 1. The quantitative estimate of drug-likeness (QED) is 0.846. The van der Waals surface area contributed by atoms with Crippen molar-refractivity contribution in [1.29, 1.82) is 0 Å². The molecule has 0 aliphatic heterocycles. The summed E-state index contributed by atoms with van der Waals surface area (Å²) in [7, 11) is 1.82. The van der Waals surface area contributed by atoms with Crippen LogP contribution in [0.3, 0.4) is 0 Å². The van der Waals surface area contributed by atoms with Gasteiger partial charge in [-0.05, 0) is 24.5 Å². The fraction of sp³-hybridized carbons (Fsp3) is 0.471. The molecule has 0 fully saturated rings. The second-order valence-corrected chi connectivity index (χ2v) is 6.91. The van der Waals surface area contributed by atoms with Gasteiger partial charge in [0.05, 0.1) is 17.8 Å². The Morgan fingerprint density at radius 2 is 2.17 bits per heavy atom. The van der Waals surface area contributed by atoms with Gasteiger partial charge in [-0.1, -0.05) is 19.9 Å². The molecule has 2 N–H and O–H groups in total. The molecule has 5 nitrogen and oxygen atoms in total. The highest BCUT2D eigenvalue weighted by molar-refractivity contribution is 7.13. The van der Waals surface area contributed by atoms with Crippen molar-refractivity contribution in [2.24, 2.45) is 11.7 Å². The molecule has 2 rings (SSSR count). The summed E-state index contributed by atoms with van der Waals surface area (Å²) in [5, 5.41) is 2.77. The molecule has 0 bridgehead atoms. The van der Waals surface area contributed by atoms with E-state index < -0.39 is 0 Å². The summed E-state index contributed by atoms with van der Waals surface area (Å²) in [5.41, 5.74) is 7.66. The Hall–Kier alpha value is -1.79. The van der Waals surface area contributed by atoms with Crippen molar-refractivity contribution >= 4 is 17.2 Å². The minimum absolute atomic E-state index is 0.0684. The Morgan fingerprint density at radius 3 is 2.83 bits per heavy atom. The molecule has 0 spiro atoms. The van der Waals surface area contributed by atoms with Gasteiger partial charge in [0.2, 0.25) is 5.91 Å². The lowest BCUT2D eigenvalue weighted by Gasteiger charge is -2.21. The van der Waals surface area contributed by atoms with Crippen LogP contribution in [0.2, 0.25) is 0 Å². The second kappa shape index (κ2) is 8.17. The van der Waals surface area contributed by atoms with E-state index in [1.54, 1.807) is 11.1 Å². The van der Waals surface area contributed by atoms with Gasteiger partial charge in [-0.25, -0.2) is 4.98 Å². The van der Waals surface area contributed by atoms with Gasteiger partial charge in [-0.3, -0.25) is 9.78 Å². The molecule has 6 heteroatoms. The van der Waals surface area contributed by atoms with Gasteiger partial charge in [0, 0.05) is 31.2 Å². The van der Waals surface area contributed by atoms with E-state index in [1.807, 2.05) is 30.6 Å². The summed E-state index contributed by atoms with van der Waals surface area (Å²) in [4.78, 5) is 22.8. The van der Waals surface area contributed by atoms with Crippen LogP contribution in [0.1, 0.15) is 26.0 Å². The molecule has 2 heterocycles. The number of hydrogen-bond acceptors (Lipinski definition) is 5. The van der Waals surface area contributed by atoms with E-state index in [0.29, 0.717) is 18.9 Å². The minimum atomic E-state index is 0.0684. The third-order valence-corrected chi connectivity index (χ3v) is 4.76. The summed E-state index contributed by atoms with van der Waals surface area (Å²) >= 11 is 1.51. The number of rotatable bonds is 7. The van der Waals surface area contributed by atoms with Crippen molar-refractivity contribution in [2.45, 2.75) is 32.7 Å². The average molecular weight is 332 g/mol. The van der Waals surface area contributed by atoms with Gasteiger partial charge in [0.25, 0.3) is 0 Å². The first-order chi connectivity index (χ1) is 11.0. The normalized spacial score (nSPS) is 12.4. The molecule has 1 amide bonds. The van der Waals surface area contributed by atoms with Crippen molar-refractivity contribution in [2.75, 3.05) is 13.6 Å². The molecule has 0 aliphatic carbocycles. The zero-order valence-corrected chi connectivity index (χ0v) is 14.7. The van der Waals surface area contributed by atoms with Crippen LogP contribution in [-0.2, 0) is 11.2 Å². The molecule has 124 valence electrons. The Balaban J connectivity index is 1.89. The molecule has 0 saturated heterocycles. The predicted octanol–water partition coefficient (Wildman–Crippen LogP) is 2.58. The maximum atomic E-state index is 12.3. The summed E-state index contributed by atoms with van der Waals surface area (Å²) in [6.07, 6.45) is 2.88. The number of hydrogen-bond donors (Lipinski definition) is 1. The minimum Gasteiger partial charge on any atom is -0.345 e. The number of likely N-dealkylation sites (N-methyl/N-ethyl adjacent to an activating group) is 1. The number of pyridine rings is 1. The van der Waals surface area contributed by atoms with Crippen LogP contribution in [0.25, 0.3) is 10.7 Å². The zero-order valence-electron chi connectivity index (χ0n) is 13.9. The SMILES string of the molecule is CC(C)C(N)CCN(C)C(=O)Cc1csc(-c2ccccn2)n1. The van der Waals surface area contributed by atoms with Crippen molar-refractivity contribution in [1.82, 2.24) is 14.9 Å². The van der Waals surface area contributed by atoms with E-state index in [9.17, 15) is 4.79 Å². The molecule has 2 aromatic rings. The van der Waals surface area contributed by atoms with Crippen molar-refractivity contribution < 1.29 is 4.79 Å². The number of thiazole rings is 1. The van der Waals surface area contributed by atoms with Gasteiger partial charge in [0.1, 0.15) is 5.01 Å². The fourth-order valence-corrected chi connectivity index (χ4v) is 2.88. The van der Waals surface area contributed by atoms with E-state index in [2.05, 4.69) is 23.8 Å². The highest BCUT2D eigenvalue weighted by atomic mass is 32.1. The van der Waals surface area contributed by atoms with Gasteiger partial charge >= 0.3 is 0 Å². The first kappa shape index (κ1) is 17.6. The van der Waals surface area contributed by atoms with Gasteiger partial charge in [-0.2, -0.15) is 0 Å². The second-order valence-electron chi connectivity index (χ2n) is 6.05. The summed E-state index contributed by atoms with van der Waals surface area (Å²) in [6.45, 7) is 4.87. The Bertz CT molecular complexity index is 627. The number of aromatic nitrogens is 2. The van der Waals surface area contributed by atoms with Crippen LogP contribution in [0.5, 0.6) is 0 Å². The standard InChI is InChI=1S/C17H24N4OS/c1-12(2)14(18)7-9-21(3)16(22)10-13-11-23-17(20-13)15-6-4-5-8-19-15/h4-6,8,11-12,14H,7,9-10,18H2,1-3H3. The third-order valence-electron chi connectivity index (χ3n) is 3.85. The van der Waals surface area contributed by atoms with Crippen LogP contribution in [0.4, 0.5) is 0 Å². The molecular formula is C17H24N4OS. The van der Waals surface area contributed by atoms with Crippen molar-refractivity contribution in [3.05, 3.63) is 35.5 Å². The van der Waals surface area contributed by atoms with Gasteiger partial charge in [-0.15, -0.1) is 11.3 Å². The largest absolute Gasteiger partial charge is 0.345 e. The lowest BCUT2D eigenvalue weighted by atomic mass is 10.0. The lowest BCUT2D eigenvalue weighted by molar-refractivity contribution is -0.129. The van der Waals surface area contributed by atoms with Crippen LogP contribution in [0.15, 0.2) is 29.8 Å². The number of amides is 1. The monoisotopic (exact) mass is 332 g/mol. The maximum absolute atomic E-state index is 12.3. The Labute approximate surface area is 141 Å². The average Bonchev–Trinajstić information content (AvgIpc) is 3.01. The Morgan fingerprint density at radius 1 is 1.39 bits per heavy atom. The van der Waals surface area contributed by atoms with Gasteiger partial charge in [0.15, 0.2) is 0 Å². The smallest absolute Gasteiger partial charge is 0.228 e. The van der Waals surface area contributed by atoms with E-state index in [0.717, 1.165) is 22.8 Å². The van der Waals surface area contributed by atoms with Crippen LogP contribution >= 0.6 is 11.3 Å². The zero-order chi connectivity index (χ0) is 16.8. The van der Waals surface area contributed by atoms with Crippen LogP contribution < -0.4 is 5.73 Å². The summed E-state index contributed by atoms with van der Waals surface area (Å²) in [6, 6.07) is 5.85. The van der Waals surface area contributed by atoms with Crippen LogP contribution in [0, 0.1) is 5.92 Å². The molecule has 0 radical (unpaired) electrons. The first-order valence-electron chi connectivity index (χ1n) is 7.82. The number of carbonyl (C=O) groups excluding carboxylic acids is 1. The number of carbonyl (C=O) groups is 1. The Kier molecular flexibility index (Phi) is 6.24. The van der Waals surface area contributed by atoms with Gasteiger partial charge < -0.3 is 10.6 Å². The third kappa shape index (κ3) is 5.11. The molecule has 1 unspecified atom stereocenters. The molecule has 2 aromatic heterocycles. The predicted molar refractivity (Wildman–Crippen MR) is 94.1 cm³/mol. The van der Waals surface area contributed by atoms with Crippen LogP contribution in [-0.4, -0.2) is 40.4 Å². The van der Waals surface area contributed by atoms with E-state index in [4.69, 9.17) is 5.73 Å². The van der Waals surface area contributed by atoms with E-state index in [-0.39, 0.29) is 11.9 Å². The molecule has 1 atom stereocenters. The molecule has 0 aliphatic rings. The lowest BCUT2D eigenvalue weighted by Crippen LogP contribution is -2.35. The first-order valence-corrected chi connectivity index (χ1v) is 8.70. The molecular weight excluding hydrogens is 308 g/mol. The maximum Gasteiger partial charge on any atom is 0.228 e. The van der Waals surface area contributed by atoms with Crippen molar-refractivity contribution in [3.63, 3.8) is 0 Å². The molecule has 0 aromatic carbocycles. The fourth-order valence-electron chi connectivity index (χ4n) is 2.09. The van der Waals surface area contributed by atoms with Crippen molar-refractivity contribution in [3.8, 4) is 10.7 Å². The van der Waals surface area contributed by atoms with E-state index in [1.165, 1.54) is 11.3 Å². The summed E-state index contributed by atoms with van der Waals surface area (Å²) < 4.78 is 0.